The first-order chi connectivity index (χ1) is 11.6. The smallest absolute Gasteiger partial charge is 0.231 e. The van der Waals surface area contributed by atoms with E-state index in [0.717, 1.165) is 24.2 Å². The minimum atomic E-state index is -0.102. The van der Waals surface area contributed by atoms with Crippen molar-refractivity contribution in [3.05, 3.63) is 29.6 Å². The van der Waals surface area contributed by atoms with E-state index in [0.29, 0.717) is 30.5 Å². The number of hydrogen-bond acceptors (Lipinski definition) is 6. The number of aromatic nitrogens is 3. The molecule has 1 saturated heterocycles. The number of ether oxygens (including phenoxy) is 2. The minimum absolute atomic E-state index is 0.0578. The first-order valence-electron chi connectivity index (χ1n) is 7.96. The van der Waals surface area contributed by atoms with E-state index in [4.69, 9.17) is 15.2 Å². The monoisotopic (exact) mass is 329 g/mol. The minimum Gasteiger partial charge on any atom is -0.454 e. The van der Waals surface area contributed by atoms with E-state index in [1.807, 2.05) is 23.1 Å². The van der Waals surface area contributed by atoms with Crippen LogP contribution >= 0.6 is 0 Å². The Kier molecular flexibility index (Phi) is 3.51. The van der Waals surface area contributed by atoms with Crippen LogP contribution in [0.15, 0.2) is 18.2 Å². The topological polar surface area (TPSA) is 95.5 Å². The molecule has 0 spiro atoms. The molecule has 1 fully saturated rings. The fourth-order valence-electron chi connectivity index (χ4n) is 3.22. The summed E-state index contributed by atoms with van der Waals surface area (Å²) in [5.74, 6) is 2.45. The van der Waals surface area contributed by atoms with Crippen LogP contribution in [0, 0.1) is 0 Å². The number of nitrogen functional groups attached to an aromatic ring is 1. The van der Waals surface area contributed by atoms with Crippen molar-refractivity contribution in [3.8, 4) is 11.5 Å². The summed E-state index contributed by atoms with van der Waals surface area (Å²) in [7, 11) is 1.75. The zero-order chi connectivity index (χ0) is 16.7. The van der Waals surface area contributed by atoms with Crippen molar-refractivity contribution in [2.24, 2.45) is 7.05 Å². The molecular formula is C16H19N5O3. The van der Waals surface area contributed by atoms with Gasteiger partial charge in [-0.15, -0.1) is 0 Å². The van der Waals surface area contributed by atoms with Gasteiger partial charge in [-0.2, -0.15) is 10.1 Å². The maximum Gasteiger partial charge on any atom is 0.231 e. The van der Waals surface area contributed by atoms with E-state index >= 15 is 0 Å². The van der Waals surface area contributed by atoms with E-state index in [1.54, 1.807) is 7.05 Å². The van der Waals surface area contributed by atoms with Crippen molar-refractivity contribution in [2.45, 2.75) is 25.3 Å². The van der Waals surface area contributed by atoms with Crippen LogP contribution in [0.25, 0.3) is 0 Å². The lowest BCUT2D eigenvalue weighted by Gasteiger charge is -2.22. The van der Waals surface area contributed by atoms with Gasteiger partial charge in [-0.05, 0) is 30.5 Å². The highest BCUT2D eigenvalue weighted by atomic mass is 16.7. The predicted octanol–water partition coefficient (Wildman–Crippen LogP) is 1.03. The summed E-state index contributed by atoms with van der Waals surface area (Å²) in [6.45, 7) is 0.944. The Hall–Kier alpha value is -2.77. The molecule has 2 aliphatic rings. The third kappa shape index (κ3) is 2.53. The Balaban J connectivity index is 1.51. The highest BCUT2D eigenvalue weighted by Crippen LogP contribution is 2.34. The van der Waals surface area contributed by atoms with Crippen LogP contribution in [-0.2, 0) is 18.3 Å². The summed E-state index contributed by atoms with van der Waals surface area (Å²) in [5.41, 5.74) is 6.67. The van der Waals surface area contributed by atoms with Gasteiger partial charge in [-0.1, -0.05) is 6.07 Å². The van der Waals surface area contributed by atoms with Gasteiger partial charge in [0.1, 0.15) is 0 Å². The molecule has 2 aromatic rings. The molecule has 3 heterocycles. The third-order valence-electron chi connectivity index (χ3n) is 4.48. The van der Waals surface area contributed by atoms with E-state index in [2.05, 4.69) is 10.1 Å². The molecule has 1 unspecified atom stereocenters. The Morgan fingerprint density at radius 1 is 1.38 bits per heavy atom. The van der Waals surface area contributed by atoms with Gasteiger partial charge in [0.15, 0.2) is 17.3 Å². The molecule has 4 rings (SSSR count). The fourth-order valence-corrected chi connectivity index (χ4v) is 3.22. The quantitative estimate of drug-likeness (QED) is 0.904. The second-order valence-corrected chi connectivity index (χ2v) is 6.06. The van der Waals surface area contributed by atoms with Crippen LogP contribution in [0.1, 0.15) is 30.3 Å². The van der Waals surface area contributed by atoms with Crippen LogP contribution < -0.4 is 15.2 Å². The second kappa shape index (κ2) is 5.70. The number of nitrogens with two attached hydrogens (primary N) is 1. The highest BCUT2D eigenvalue weighted by Gasteiger charge is 2.33. The van der Waals surface area contributed by atoms with E-state index < -0.39 is 0 Å². The van der Waals surface area contributed by atoms with E-state index in [1.165, 1.54) is 4.68 Å². The summed E-state index contributed by atoms with van der Waals surface area (Å²) in [6, 6.07) is 5.50. The first kappa shape index (κ1) is 14.8. The van der Waals surface area contributed by atoms with Crippen LogP contribution in [0.3, 0.4) is 0 Å². The first-order valence-corrected chi connectivity index (χ1v) is 7.96. The number of rotatable bonds is 3. The molecule has 8 nitrogen and oxygen atoms in total. The van der Waals surface area contributed by atoms with Crippen molar-refractivity contribution in [3.63, 3.8) is 0 Å². The van der Waals surface area contributed by atoms with Crippen LogP contribution in [-0.4, -0.2) is 38.9 Å². The van der Waals surface area contributed by atoms with Crippen molar-refractivity contribution in [1.82, 2.24) is 19.7 Å². The lowest BCUT2D eigenvalue weighted by molar-refractivity contribution is -0.131. The van der Waals surface area contributed by atoms with Gasteiger partial charge < -0.3 is 20.1 Å². The Morgan fingerprint density at radius 3 is 3.00 bits per heavy atom. The van der Waals surface area contributed by atoms with Crippen LogP contribution in [0.4, 0.5) is 5.95 Å². The molecule has 1 aromatic carbocycles. The molecule has 24 heavy (non-hydrogen) atoms. The number of fused-ring (bicyclic) bond motifs is 1. The number of anilines is 1. The largest absolute Gasteiger partial charge is 0.454 e. The molecule has 1 atom stereocenters. The van der Waals surface area contributed by atoms with Gasteiger partial charge in [-0.3, -0.25) is 4.79 Å². The highest BCUT2D eigenvalue weighted by molar-refractivity contribution is 5.79. The number of amides is 1. The molecule has 1 aromatic heterocycles. The Bertz CT molecular complexity index is 769. The summed E-state index contributed by atoms with van der Waals surface area (Å²) < 4.78 is 12.2. The van der Waals surface area contributed by atoms with Crippen LogP contribution in [0.2, 0.25) is 0 Å². The predicted molar refractivity (Wildman–Crippen MR) is 85.4 cm³/mol. The molecule has 8 heteroatoms. The molecule has 1 amide bonds. The van der Waals surface area contributed by atoms with Gasteiger partial charge in [0.05, 0.1) is 12.5 Å². The third-order valence-corrected chi connectivity index (χ3v) is 4.48. The van der Waals surface area contributed by atoms with Crippen molar-refractivity contribution in [1.29, 1.82) is 0 Å². The maximum absolute atomic E-state index is 12.8. The Labute approximate surface area is 139 Å². The molecule has 126 valence electrons. The molecule has 2 aliphatic heterocycles. The number of carbonyl (C=O) groups excluding carboxylic acids is 1. The number of aryl methyl sites for hydroxylation is 1. The lowest BCUT2D eigenvalue weighted by atomic mass is 10.1. The molecule has 0 aliphatic carbocycles. The van der Waals surface area contributed by atoms with E-state index in [-0.39, 0.29) is 18.7 Å². The van der Waals surface area contributed by atoms with Gasteiger partial charge in [-0.25, -0.2) is 4.68 Å². The summed E-state index contributed by atoms with van der Waals surface area (Å²) >= 11 is 0. The SMILES string of the molecule is Cn1nc(C2CCCN2C(=O)Cc2ccc3c(c2)OCO3)nc1N. The van der Waals surface area contributed by atoms with Gasteiger partial charge in [0.2, 0.25) is 18.6 Å². The number of benzene rings is 1. The van der Waals surface area contributed by atoms with Crippen molar-refractivity contribution < 1.29 is 14.3 Å². The summed E-state index contributed by atoms with van der Waals surface area (Å²) in [4.78, 5) is 18.9. The van der Waals surface area contributed by atoms with Crippen molar-refractivity contribution in [2.75, 3.05) is 19.1 Å². The average Bonchev–Trinajstić information content (AvgIpc) is 3.27. The molecule has 2 N–H and O–H groups in total. The molecule has 0 bridgehead atoms. The maximum atomic E-state index is 12.8. The van der Waals surface area contributed by atoms with Crippen molar-refractivity contribution >= 4 is 11.9 Å². The molecule has 0 radical (unpaired) electrons. The zero-order valence-electron chi connectivity index (χ0n) is 13.4. The number of carbonyl (C=O) groups is 1. The summed E-state index contributed by atoms with van der Waals surface area (Å²) in [5, 5.41) is 4.33. The van der Waals surface area contributed by atoms with Gasteiger partial charge in [0.25, 0.3) is 0 Å². The molecular weight excluding hydrogens is 310 g/mol. The molecule has 0 saturated carbocycles. The second-order valence-electron chi connectivity index (χ2n) is 6.06. The van der Waals surface area contributed by atoms with E-state index in [9.17, 15) is 4.79 Å². The average molecular weight is 329 g/mol. The fraction of sp³-hybridized carbons (Fsp3) is 0.438. The zero-order valence-corrected chi connectivity index (χ0v) is 13.4. The lowest BCUT2D eigenvalue weighted by Crippen LogP contribution is -2.32. The number of likely N-dealkylation sites (tertiary alicyclic amines) is 1. The number of hydrogen-bond donors (Lipinski definition) is 1. The van der Waals surface area contributed by atoms with Gasteiger partial charge >= 0.3 is 0 Å². The van der Waals surface area contributed by atoms with Gasteiger partial charge in [0, 0.05) is 13.6 Å². The number of nitrogens with zero attached hydrogens (tertiary/aromatic N) is 4. The Morgan fingerprint density at radius 2 is 2.21 bits per heavy atom. The normalized spacial score (nSPS) is 19.0. The summed E-state index contributed by atoms with van der Waals surface area (Å²) in [6.07, 6.45) is 2.11. The van der Waals surface area contributed by atoms with Crippen LogP contribution in [0.5, 0.6) is 11.5 Å². The standard InChI is InChI=1S/C16H19N5O3/c1-20-16(17)18-15(19-20)11-3-2-6-21(11)14(22)8-10-4-5-12-13(7-10)24-9-23-12/h4-5,7,11H,2-3,6,8-9H2,1H3,(H2,17,18,19).